The molecule has 0 saturated heterocycles. The van der Waals surface area contributed by atoms with E-state index in [1.54, 1.807) is 41.5 Å². The molecule has 0 heterocycles. The van der Waals surface area contributed by atoms with Gasteiger partial charge in [0.2, 0.25) is 0 Å². The normalized spacial score (nSPS) is 9.63. The largest absolute Gasteiger partial charge is 1.10 e. The van der Waals surface area contributed by atoms with E-state index in [0.29, 0.717) is 0 Å². The number of carbonyl (C=O) groups is 2. The average Bonchev–Trinajstić information content (AvgIpc) is 2.11. The van der Waals surface area contributed by atoms with E-state index in [-0.39, 0.29) is 6.10 Å². The highest BCUT2D eigenvalue weighted by atomic mass is 27.3. The minimum atomic E-state index is -2.81. The van der Waals surface area contributed by atoms with Crippen molar-refractivity contribution >= 4 is 27.1 Å². The van der Waals surface area contributed by atoms with Gasteiger partial charge in [-0.1, -0.05) is 11.1 Å². The summed E-state index contributed by atoms with van der Waals surface area (Å²) in [4.78, 5) is 23.0. The summed E-state index contributed by atoms with van der Waals surface area (Å²) in [6.45, 7) is 10.7. The molecule has 0 aromatic heterocycles. The third kappa shape index (κ3) is 10.5. The molecule has 19 heavy (non-hydrogen) atoms. The maximum atomic E-state index is 11.5. The first kappa shape index (κ1) is 17.9. The third-order valence-corrected chi connectivity index (χ3v) is 3.24. The second-order valence-electron chi connectivity index (χ2n) is 4.79. The summed E-state index contributed by atoms with van der Waals surface area (Å²) in [6, 6.07) is 0. The van der Waals surface area contributed by atoms with Gasteiger partial charge in [-0.05, 0) is 41.5 Å². The molecule has 0 fully saturated rings. The minimum Gasteiger partial charge on any atom is -0.558 e. The second-order valence-corrected chi connectivity index (χ2v) is 6.11. The fourth-order valence-electron chi connectivity index (χ4n) is 1.03. The molecule has 5 nitrogen and oxygen atoms in total. The molecule has 0 amide bonds. The molecule has 0 aliphatic carbocycles. The first-order valence-electron chi connectivity index (χ1n) is 6.07. The van der Waals surface area contributed by atoms with Gasteiger partial charge in [0.1, 0.15) is 0 Å². The Labute approximate surface area is 119 Å². The van der Waals surface area contributed by atoms with Crippen molar-refractivity contribution in [3.05, 3.63) is 23.3 Å². The zero-order valence-electron chi connectivity index (χ0n) is 12.4. The topological polar surface area (TPSA) is 61.8 Å². The van der Waals surface area contributed by atoms with Crippen molar-refractivity contribution in [3.8, 4) is 0 Å². The lowest BCUT2D eigenvalue weighted by Gasteiger charge is -2.14. The van der Waals surface area contributed by atoms with Crippen LogP contribution in [0.15, 0.2) is 23.3 Å². The van der Waals surface area contributed by atoms with Crippen LogP contribution in [0.3, 0.4) is 0 Å². The summed E-state index contributed by atoms with van der Waals surface area (Å²) in [5.74, 6) is -1.11. The van der Waals surface area contributed by atoms with Gasteiger partial charge in [0.25, 0.3) is 11.9 Å². The van der Waals surface area contributed by atoms with Gasteiger partial charge >= 0.3 is 15.1 Å². The summed E-state index contributed by atoms with van der Waals surface area (Å²) in [7, 11) is 0. The molecule has 0 N–H and O–H groups in total. The highest BCUT2D eigenvalue weighted by Gasteiger charge is 2.43. The van der Waals surface area contributed by atoms with Gasteiger partial charge in [-0.2, -0.15) is 0 Å². The molecule has 0 bridgehead atoms. The first-order valence-corrected chi connectivity index (χ1v) is 7.48. The fraction of sp³-hybridized carbons (Fsp3) is 0.538. The molecule has 0 aliphatic rings. The van der Waals surface area contributed by atoms with Gasteiger partial charge in [-0.3, -0.25) is 9.59 Å². The first-order chi connectivity index (χ1) is 8.70. The van der Waals surface area contributed by atoms with E-state index >= 15 is 0 Å². The molecule has 0 aromatic carbocycles. The smallest absolute Gasteiger partial charge is 0.558 e. The van der Waals surface area contributed by atoms with Crippen molar-refractivity contribution in [2.75, 3.05) is 0 Å². The van der Waals surface area contributed by atoms with E-state index < -0.39 is 27.1 Å². The van der Waals surface area contributed by atoms with Crippen LogP contribution < -0.4 is 0 Å². The van der Waals surface area contributed by atoms with Crippen LogP contribution in [0.2, 0.25) is 0 Å². The van der Waals surface area contributed by atoms with Crippen molar-refractivity contribution in [3.63, 3.8) is 0 Å². The molecular weight excluding hydrogens is 263 g/mol. The third-order valence-electron chi connectivity index (χ3n) is 1.62. The Balaban J connectivity index is 4.64. The van der Waals surface area contributed by atoms with Crippen molar-refractivity contribution in [1.29, 1.82) is 0 Å². The van der Waals surface area contributed by atoms with Gasteiger partial charge in [0.15, 0.2) is 0 Å². The number of allylic oxidation sites excluding steroid dienone is 2. The van der Waals surface area contributed by atoms with Crippen LogP contribution in [-0.2, 0) is 21.0 Å². The quantitative estimate of drug-likeness (QED) is 0.553. The lowest BCUT2D eigenvalue weighted by molar-refractivity contribution is -0.138. The maximum Gasteiger partial charge on any atom is 1.10 e. The molecule has 6 heteroatoms. The predicted octanol–water partition coefficient (Wildman–Crippen LogP) is 2.42. The number of hydrogen-bond acceptors (Lipinski definition) is 5. The zero-order chi connectivity index (χ0) is 15.0. The summed E-state index contributed by atoms with van der Waals surface area (Å²) in [5.41, 5.74) is 1.61. The number of carbonyl (C=O) groups excluding carboxylic acids is 2. The van der Waals surface area contributed by atoms with Crippen molar-refractivity contribution in [2.45, 2.75) is 47.6 Å². The van der Waals surface area contributed by atoms with E-state index in [1.165, 1.54) is 12.2 Å². The molecule has 106 valence electrons. The predicted molar refractivity (Wildman–Crippen MR) is 73.0 cm³/mol. The second kappa shape index (κ2) is 8.92. The van der Waals surface area contributed by atoms with Gasteiger partial charge in [-0.15, -0.1) is 0 Å². The van der Waals surface area contributed by atoms with Crippen LogP contribution in [0.4, 0.5) is 0 Å². The van der Waals surface area contributed by atoms with Crippen LogP contribution in [-0.4, -0.2) is 33.2 Å². The van der Waals surface area contributed by atoms with Crippen LogP contribution in [0.5, 0.6) is 0 Å². The van der Waals surface area contributed by atoms with E-state index in [9.17, 15) is 9.59 Å². The molecule has 0 unspecified atom stereocenters. The number of rotatable bonds is 6. The van der Waals surface area contributed by atoms with Crippen molar-refractivity contribution < 1.29 is 21.0 Å². The van der Waals surface area contributed by atoms with Gasteiger partial charge < -0.3 is 11.4 Å². The Morgan fingerprint density at radius 3 is 1.53 bits per heavy atom. The Kier molecular flexibility index (Phi) is 8.41. The highest BCUT2D eigenvalue weighted by Crippen LogP contribution is 2.03. The maximum absolute atomic E-state index is 11.5. The Hall–Kier alpha value is -1.09. The highest BCUT2D eigenvalue weighted by molar-refractivity contribution is 6.42. The van der Waals surface area contributed by atoms with Crippen molar-refractivity contribution in [1.82, 2.24) is 0 Å². The van der Waals surface area contributed by atoms with E-state index in [2.05, 4.69) is 0 Å². The van der Waals surface area contributed by atoms with Gasteiger partial charge in [0.05, 0.1) is 0 Å². The van der Waals surface area contributed by atoms with Crippen LogP contribution in [0, 0.1) is 0 Å². The molecule has 0 radical (unpaired) electrons. The molecule has 0 aliphatic heterocycles. The summed E-state index contributed by atoms with van der Waals surface area (Å²) >= 11 is -2.81. The van der Waals surface area contributed by atoms with Crippen molar-refractivity contribution in [2.24, 2.45) is 0 Å². The van der Waals surface area contributed by atoms with E-state index in [1.807, 2.05) is 0 Å². The summed E-state index contributed by atoms with van der Waals surface area (Å²) in [5, 5.41) is 0. The molecule has 0 atom stereocenters. The average molecular weight is 284 g/mol. The number of hydrogen-bond donors (Lipinski definition) is 0. The molecule has 0 rings (SSSR count). The Bertz CT molecular complexity index is 344. The van der Waals surface area contributed by atoms with Crippen LogP contribution in [0.25, 0.3) is 0 Å². The van der Waals surface area contributed by atoms with E-state index in [4.69, 9.17) is 11.4 Å². The zero-order valence-corrected chi connectivity index (χ0v) is 13.5. The Morgan fingerprint density at radius 2 is 1.26 bits per heavy atom. The van der Waals surface area contributed by atoms with E-state index in [0.717, 1.165) is 11.1 Å². The lowest BCUT2D eigenvalue weighted by atomic mass is 10.3. The van der Waals surface area contributed by atoms with Crippen LogP contribution >= 0.6 is 0 Å². The summed E-state index contributed by atoms with van der Waals surface area (Å²) < 4.78 is 15.5. The van der Waals surface area contributed by atoms with Gasteiger partial charge in [-0.25, -0.2) is 0 Å². The standard InChI is InChI=1S/2C5H8O2.C3H7O.Al/c2*1-4(2)3-5(6)7;1-3(2)4;/h2*3H,1-2H3,(H,6,7);3H,1-2H3;/q;;-1;+3/p-2. The SMILES string of the molecule is CC(C)=CC(=O)[O][Al]([O]C(=O)C=C(C)C)[O]C(C)C. The lowest BCUT2D eigenvalue weighted by Crippen LogP contribution is -2.34. The molecule has 0 aromatic rings. The monoisotopic (exact) mass is 284 g/mol. The fourth-order valence-corrected chi connectivity index (χ4v) is 2.15. The van der Waals surface area contributed by atoms with Gasteiger partial charge in [0, 0.05) is 18.3 Å². The molecular formula is C13H21AlO5. The van der Waals surface area contributed by atoms with Crippen LogP contribution in [0.1, 0.15) is 41.5 Å². The molecule has 0 saturated carbocycles. The Morgan fingerprint density at radius 1 is 0.895 bits per heavy atom. The molecule has 0 spiro atoms. The summed E-state index contributed by atoms with van der Waals surface area (Å²) in [6.07, 6.45) is 2.48. The minimum absolute atomic E-state index is 0.185.